The molecule has 0 spiro atoms. The first-order chi connectivity index (χ1) is 6.22. The van der Waals surface area contributed by atoms with Gasteiger partial charge in [-0.2, -0.15) is 0 Å². The normalized spacial score (nSPS) is 10.5. The molecule has 0 radical (unpaired) electrons. The number of hydrogen-bond donors (Lipinski definition) is 1. The van der Waals surface area contributed by atoms with Gasteiger partial charge in [0.1, 0.15) is 17.1 Å². The van der Waals surface area contributed by atoms with Crippen molar-refractivity contribution in [2.24, 2.45) is 0 Å². The lowest BCUT2D eigenvalue weighted by atomic mass is 10.4. The van der Waals surface area contributed by atoms with Gasteiger partial charge in [-0.15, -0.1) is 0 Å². The first kappa shape index (κ1) is 7.79. The third kappa shape index (κ3) is 1.07. The van der Waals surface area contributed by atoms with Crippen molar-refractivity contribution in [2.45, 2.75) is 6.92 Å². The summed E-state index contributed by atoms with van der Waals surface area (Å²) in [6.07, 6.45) is 2.20. The van der Waals surface area contributed by atoms with E-state index in [4.69, 9.17) is 0 Å². The SMILES string of the molecule is Cc1nc2ccc(O)cn2c1C=O. The van der Waals surface area contributed by atoms with Crippen LogP contribution in [0.2, 0.25) is 0 Å². The van der Waals surface area contributed by atoms with Gasteiger partial charge < -0.3 is 5.11 Å². The number of nitrogens with zero attached hydrogens (tertiary/aromatic N) is 2. The molecule has 2 rings (SSSR count). The second-order valence-corrected chi connectivity index (χ2v) is 2.82. The molecule has 0 fully saturated rings. The van der Waals surface area contributed by atoms with Gasteiger partial charge in [0.05, 0.1) is 11.9 Å². The molecule has 0 saturated carbocycles. The lowest BCUT2D eigenvalue weighted by molar-refractivity contribution is 0.111. The van der Waals surface area contributed by atoms with Crippen LogP contribution in [0, 0.1) is 6.92 Å². The predicted octanol–water partition coefficient (Wildman–Crippen LogP) is 1.16. The maximum absolute atomic E-state index is 10.7. The Bertz CT molecular complexity index is 474. The number of aldehydes is 1. The molecule has 0 amide bonds. The predicted molar refractivity (Wildman–Crippen MR) is 47.0 cm³/mol. The highest BCUT2D eigenvalue weighted by atomic mass is 16.3. The fourth-order valence-corrected chi connectivity index (χ4v) is 1.31. The molecule has 0 saturated heterocycles. The van der Waals surface area contributed by atoms with Crippen molar-refractivity contribution in [3.05, 3.63) is 29.7 Å². The van der Waals surface area contributed by atoms with E-state index in [1.807, 2.05) is 0 Å². The van der Waals surface area contributed by atoms with Crippen LogP contribution >= 0.6 is 0 Å². The molecule has 2 heterocycles. The molecular weight excluding hydrogens is 168 g/mol. The summed E-state index contributed by atoms with van der Waals surface area (Å²) < 4.78 is 1.57. The highest BCUT2D eigenvalue weighted by Gasteiger charge is 2.06. The Morgan fingerprint density at radius 3 is 3.00 bits per heavy atom. The van der Waals surface area contributed by atoms with Gasteiger partial charge in [0.15, 0.2) is 6.29 Å². The number of rotatable bonds is 1. The summed E-state index contributed by atoms with van der Waals surface area (Å²) in [5.74, 6) is 0.119. The summed E-state index contributed by atoms with van der Waals surface area (Å²) in [4.78, 5) is 14.8. The largest absolute Gasteiger partial charge is 0.506 e. The number of aryl methyl sites for hydroxylation is 1. The number of carbonyl (C=O) groups is 1. The van der Waals surface area contributed by atoms with Crippen LogP contribution in [0.4, 0.5) is 0 Å². The first-order valence-electron chi connectivity index (χ1n) is 3.85. The minimum Gasteiger partial charge on any atom is -0.506 e. The Balaban J connectivity index is 2.88. The molecule has 4 heteroatoms. The standard InChI is InChI=1S/C9H8N2O2/c1-6-8(5-12)11-4-7(13)2-3-9(11)10-6/h2-5,13H,1H3. The van der Waals surface area contributed by atoms with Gasteiger partial charge >= 0.3 is 0 Å². The van der Waals surface area contributed by atoms with Crippen molar-refractivity contribution in [3.8, 4) is 5.75 Å². The molecule has 0 aromatic carbocycles. The molecule has 0 bridgehead atoms. The second-order valence-electron chi connectivity index (χ2n) is 2.82. The van der Waals surface area contributed by atoms with Gasteiger partial charge in [-0.25, -0.2) is 4.98 Å². The van der Waals surface area contributed by atoms with Crippen molar-refractivity contribution < 1.29 is 9.90 Å². The van der Waals surface area contributed by atoms with Crippen LogP contribution in [0.15, 0.2) is 18.3 Å². The molecule has 66 valence electrons. The molecular formula is C9H8N2O2. The van der Waals surface area contributed by atoms with Crippen molar-refractivity contribution in [3.63, 3.8) is 0 Å². The van der Waals surface area contributed by atoms with E-state index in [-0.39, 0.29) is 5.75 Å². The minimum atomic E-state index is 0.119. The van der Waals surface area contributed by atoms with Gasteiger partial charge in [-0.1, -0.05) is 0 Å². The van der Waals surface area contributed by atoms with Crippen molar-refractivity contribution in [2.75, 3.05) is 0 Å². The Labute approximate surface area is 74.5 Å². The van der Waals surface area contributed by atoms with E-state index >= 15 is 0 Å². The molecule has 2 aromatic rings. The highest BCUT2D eigenvalue weighted by molar-refractivity contribution is 5.76. The molecule has 4 nitrogen and oxygen atoms in total. The van der Waals surface area contributed by atoms with E-state index in [1.54, 1.807) is 17.4 Å². The number of imidazole rings is 1. The average Bonchev–Trinajstić information content (AvgIpc) is 2.40. The molecule has 1 N–H and O–H groups in total. The van der Waals surface area contributed by atoms with Crippen molar-refractivity contribution in [1.29, 1.82) is 0 Å². The van der Waals surface area contributed by atoms with Gasteiger partial charge in [-0.05, 0) is 19.1 Å². The summed E-state index contributed by atoms with van der Waals surface area (Å²) in [5, 5.41) is 9.19. The van der Waals surface area contributed by atoms with E-state index in [0.717, 1.165) is 6.29 Å². The molecule has 0 aliphatic heterocycles. The molecule has 0 aliphatic rings. The van der Waals surface area contributed by atoms with Crippen LogP contribution < -0.4 is 0 Å². The minimum absolute atomic E-state index is 0.119. The van der Waals surface area contributed by atoms with Crippen LogP contribution in [0.5, 0.6) is 5.75 Å². The number of fused-ring (bicyclic) bond motifs is 1. The lowest BCUT2D eigenvalue weighted by Gasteiger charge is -1.95. The summed E-state index contributed by atoms with van der Waals surface area (Å²) >= 11 is 0. The van der Waals surface area contributed by atoms with Crippen molar-refractivity contribution >= 4 is 11.9 Å². The summed E-state index contributed by atoms with van der Waals surface area (Å²) in [5.41, 5.74) is 1.81. The lowest BCUT2D eigenvalue weighted by Crippen LogP contribution is -1.90. The van der Waals surface area contributed by atoms with Crippen molar-refractivity contribution in [1.82, 2.24) is 9.38 Å². The third-order valence-corrected chi connectivity index (χ3v) is 1.94. The maximum atomic E-state index is 10.7. The Morgan fingerprint density at radius 2 is 2.31 bits per heavy atom. The zero-order valence-corrected chi connectivity index (χ0v) is 7.06. The molecule has 0 unspecified atom stereocenters. The van der Waals surface area contributed by atoms with E-state index < -0.39 is 0 Å². The topological polar surface area (TPSA) is 54.6 Å². The van der Waals surface area contributed by atoms with Crippen LogP contribution in [-0.2, 0) is 0 Å². The quantitative estimate of drug-likeness (QED) is 0.663. The van der Waals surface area contributed by atoms with E-state index in [9.17, 15) is 9.90 Å². The zero-order valence-electron chi connectivity index (χ0n) is 7.06. The number of pyridine rings is 1. The Hall–Kier alpha value is -1.84. The smallest absolute Gasteiger partial charge is 0.168 e. The zero-order chi connectivity index (χ0) is 9.42. The fourth-order valence-electron chi connectivity index (χ4n) is 1.31. The monoisotopic (exact) mass is 176 g/mol. The number of aromatic hydroxyl groups is 1. The summed E-state index contributed by atoms with van der Waals surface area (Å²) in [6, 6.07) is 3.20. The molecule has 0 aliphatic carbocycles. The fraction of sp³-hybridized carbons (Fsp3) is 0.111. The van der Waals surface area contributed by atoms with E-state index in [2.05, 4.69) is 4.98 Å². The summed E-state index contributed by atoms with van der Waals surface area (Å²) in [7, 11) is 0. The Kier molecular flexibility index (Phi) is 1.55. The Morgan fingerprint density at radius 1 is 1.54 bits per heavy atom. The average molecular weight is 176 g/mol. The van der Waals surface area contributed by atoms with Crippen LogP contribution in [0.25, 0.3) is 5.65 Å². The van der Waals surface area contributed by atoms with Crippen LogP contribution in [0.3, 0.4) is 0 Å². The van der Waals surface area contributed by atoms with Crippen LogP contribution in [-0.4, -0.2) is 20.8 Å². The van der Waals surface area contributed by atoms with Gasteiger partial charge in [0.2, 0.25) is 0 Å². The van der Waals surface area contributed by atoms with Gasteiger partial charge in [-0.3, -0.25) is 9.20 Å². The number of hydrogen-bond acceptors (Lipinski definition) is 3. The number of aromatic nitrogens is 2. The van der Waals surface area contributed by atoms with Gasteiger partial charge in [0.25, 0.3) is 0 Å². The molecule has 13 heavy (non-hydrogen) atoms. The molecule has 0 atom stereocenters. The maximum Gasteiger partial charge on any atom is 0.168 e. The van der Waals surface area contributed by atoms with E-state index in [1.165, 1.54) is 12.3 Å². The van der Waals surface area contributed by atoms with Gasteiger partial charge in [0, 0.05) is 0 Å². The first-order valence-corrected chi connectivity index (χ1v) is 3.85. The third-order valence-electron chi connectivity index (χ3n) is 1.94. The number of carbonyl (C=O) groups excluding carboxylic acids is 1. The highest BCUT2D eigenvalue weighted by Crippen LogP contribution is 2.14. The summed E-state index contributed by atoms with van der Waals surface area (Å²) in [6.45, 7) is 1.76. The van der Waals surface area contributed by atoms with E-state index in [0.29, 0.717) is 17.0 Å². The molecule has 2 aromatic heterocycles. The van der Waals surface area contributed by atoms with Crippen LogP contribution in [0.1, 0.15) is 16.2 Å². The second kappa shape index (κ2) is 2.58.